The van der Waals surface area contributed by atoms with Crippen molar-refractivity contribution in [2.24, 2.45) is 5.73 Å². The smallest absolute Gasteiger partial charge is 0.161 e. The molecule has 3 N–H and O–H groups in total. The molecule has 2 aliphatic heterocycles. The highest BCUT2D eigenvalue weighted by molar-refractivity contribution is 5.45. The van der Waals surface area contributed by atoms with Gasteiger partial charge < -0.3 is 20.5 Å². The predicted octanol–water partition coefficient (Wildman–Crippen LogP) is 0.862. The number of ether oxygens (including phenoxy) is 2. The van der Waals surface area contributed by atoms with Crippen molar-refractivity contribution in [2.45, 2.75) is 18.4 Å². The maximum absolute atomic E-state index is 6.18. The molecular formula is C13H18N2O2. The van der Waals surface area contributed by atoms with Crippen molar-refractivity contribution in [1.29, 1.82) is 0 Å². The third kappa shape index (κ3) is 2.10. The van der Waals surface area contributed by atoms with Crippen molar-refractivity contribution in [2.75, 3.05) is 26.3 Å². The topological polar surface area (TPSA) is 56.5 Å². The highest BCUT2D eigenvalue weighted by Crippen LogP contribution is 2.34. The van der Waals surface area contributed by atoms with Gasteiger partial charge in [0.2, 0.25) is 0 Å². The summed E-state index contributed by atoms with van der Waals surface area (Å²) in [7, 11) is 0. The molecule has 3 rings (SSSR count). The molecule has 4 heteroatoms. The van der Waals surface area contributed by atoms with E-state index >= 15 is 0 Å². The number of nitrogens with two attached hydrogens (primary N) is 1. The van der Waals surface area contributed by atoms with E-state index in [2.05, 4.69) is 17.4 Å². The lowest BCUT2D eigenvalue weighted by Crippen LogP contribution is -2.43. The molecule has 92 valence electrons. The van der Waals surface area contributed by atoms with E-state index in [9.17, 15) is 0 Å². The first kappa shape index (κ1) is 10.9. The molecular weight excluding hydrogens is 216 g/mol. The van der Waals surface area contributed by atoms with Gasteiger partial charge in [-0.3, -0.25) is 0 Å². The van der Waals surface area contributed by atoms with Crippen molar-refractivity contribution < 1.29 is 9.47 Å². The zero-order valence-electron chi connectivity index (χ0n) is 9.82. The Morgan fingerprint density at radius 1 is 1.18 bits per heavy atom. The molecule has 0 saturated carbocycles. The van der Waals surface area contributed by atoms with Crippen LogP contribution in [0, 0.1) is 0 Å². The Balaban J connectivity index is 1.87. The fourth-order valence-electron chi connectivity index (χ4n) is 2.53. The Labute approximate surface area is 101 Å². The Morgan fingerprint density at radius 3 is 2.82 bits per heavy atom. The highest BCUT2D eigenvalue weighted by Gasteiger charge is 2.24. The van der Waals surface area contributed by atoms with E-state index in [0.29, 0.717) is 19.1 Å². The molecule has 2 heterocycles. The lowest BCUT2D eigenvalue weighted by atomic mass is 9.87. The minimum absolute atomic E-state index is 0.235. The molecule has 4 nitrogen and oxygen atoms in total. The molecule has 0 bridgehead atoms. The Morgan fingerprint density at radius 2 is 2.00 bits per heavy atom. The number of rotatable bonds is 1. The van der Waals surface area contributed by atoms with Gasteiger partial charge in [-0.05, 0) is 30.7 Å². The van der Waals surface area contributed by atoms with Gasteiger partial charge in [-0.15, -0.1) is 0 Å². The number of fused-ring (bicyclic) bond motifs is 1. The molecule has 1 fully saturated rings. The van der Waals surface area contributed by atoms with Crippen molar-refractivity contribution in [3.05, 3.63) is 23.8 Å². The maximum Gasteiger partial charge on any atom is 0.161 e. The summed E-state index contributed by atoms with van der Waals surface area (Å²) in [5.41, 5.74) is 7.42. The molecule has 0 amide bonds. The second-order valence-corrected chi connectivity index (χ2v) is 4.67. The summed E-state index contributed by atoms with van der Waals surface area (Å²) in [4.78, 5) is 0. The summed E-state index contributed by atoms with van der Waals surface area (Å²) < 4.78 is 11.1. The fourth-order valence-corrected chi connectivity index (χ4v) is 2.53. The van der Waals surface area contributed by atoms with Crippen LogP contribution in [0.3, 0.4) is 0 Å². The standard InChI is InChI=1S/C13H18N2O2/c14-11-3-4-15-8-10(11)9-1-2-12-13(7-9)17-6-5-16-12/h1-2,7,10-11,15H,3-6,8,14H2. The first-order valence-corrected chi connectivity index (χ1v) is 6.20. The molecule has 1 aromatic rings. The highest BCUT2D eigenvalue weighted by atomic mass is 16.6. The van der Waals surface area contributed by atoms with Gasteiger partial charge in [-0.25, -0.2) is 0 Å². The number of hydrogen-bond donors (Lipinski definition) is 2. The first-order valence-electron chi connectivity index (χ1n) is 6.20. The minimum Gasteiger partial charge on any atom is -0.486 e. The second kappa shape index (κ2) is 4.55. The first-order chi connectivity index (χ1) is 8.34. The minimum atomic E-state index is 0.235. The van der Waals surface area contributed by atoms with Gasteiger partial charge in [0.1, 0.15) is 13.2 Å². The summed E-state index contributed by atoms with van der Waals surface area (Å²) in [6.45, 7) is 3.23. The zero-order chi connectivity index (χ0) is 11.7. The summed E-state index contributed by atoms with van der Waals surface area (Å²) in [6, 6.07) is 6.40. The normalized spacial score (nSPS) is 27.8. The van der Waals surface area contributed by atoms with Crippen LogP contribution >= 0.6 is 0 Å². The molecule has 17 heavy (non-hydrogen) atoms. The van der Waals surface area contributed by atoms with Gasteiger partial charge in [0, 0.05) is 18.5 Å². The average molecular weight is 234 g/mol. The van der Waals surface area contributed by atoms with Gasteiger partial charge in [0.05, 0.1) is 0 Å². The lowest BCUT2D eigenvalue weighted by Gasteiger charge is -2.30. The van der Waals surface area contributed by atoms with E-state index in [4.69, 9.17) is 15.2 Å². The van der Waals surface area contributed by atoms with Crippen LogP contribution in [-0.2, 0) is 0 Å². The molecule has 2 aliphatic rings. The Bertz CT molecular complexity index is 408. The van der Waals surface area contributed by atoms with Crippen molar-refractivity contribution >= 4 is 0 Å². The summed E-state index contributed by atoms with van der Waals surface area (Å²) >= 11 is 0. The van der Waals surface area contributed by atoms with Crippen LogP contribution in [0.5, 0.6) is 11.5 Å². The third-order valence-electron chi connectivity index (χ3n) is 3.53. The quantitative estimate of drug-likeness (QED) is 0.757. The average Bonchev–Trinajstić information content (AvgIpc) is 2.39. The molecule has 2 unspecified atom stereocenters. The molecule has 2 atom stereocenters. The molecule has 0 aliphatic carbocycles. The largest absolute Gasteiger partial charge is 0.486 e. The SMILES string of the molecule is NC1CCNCC1c1ccc2c(c1)OCCO2. The van der Waals surface area contributed by atoms with E-state index in [1.54, 1.807) is 0 Å². The molecule has 0 radical (unpaired) electrons. The predicted molar refractivity (Wildman–Crippen MR) is 65.6 cm³/mol. The van der Waals surface area contributed by atoms with Gasteiger partial charge in [0.25, 0.3) is 0 Å². The summed E-state index contributed by atoms with van der Waals surface area (Å²) in [6.07, 6.45) is 1.03. The monoisotopic (exact) mass is 234 g/mol. The Hall–Kier alpha value is -1.26. The van der Waals surface area contributed by atoms with Crippen LogP contribution in [0.25, 0.3) is 0 Å². The van der Waals surface area contributed by atoms with E-state index in [1.165, 1.54) is 5.56 Å². The zero-order valence-corrected chi connectivity index (χ0v) is 9.82. The molecule has 1 saturated heterocycles. The van der Waals surface area contributed by atoms with Crippen LogP contribution < -0.4 is 20.5 Å². The number of nitrogens with one attached hydrogen (secondary N) is 1. The number of benzene rings is 1. The second-order valence-electron chi connectivity index (χ2n) is 4.67. The van der Waals surface area contributed by atoms with Crippen LogP contribution in [-0.4, -0.2) is 32.3 Å². The maximum atomic E-state index is 6.18. The van der Waals surface area contributed by atoms with Crippen molar-refractivity contribution in [1.82, 2.24) is 5.32 Å². The van der Waals surface area contributed by atoms with Crippen LogP contribution in [0.1, 0.15) is 17.9 Å². The fraction of sp³-hybridized carbons (Fsp3) is 0.538. The summed E-state index contributed by atoms with van der Waals surface area (Å²) in [5.74, 6) is 2.07. The van der Waals surface area contributed by atoms with Gasteiger partial charge in [-0.1, -0.05) is 6.07 Å². The van der Waals surface area contributed by atoms with Crippen LogP contribution in [0.15, 0.2) is 18.2 Å². The number of piperidine rings is 1. The lowest BCUT2D eigenvalue weighted by molar-refractivity contribution is 0.171. The van der Waals surface area contributed by atoms with Gasteiger partial charge in [0.15, 0.2) is 11.5 Å². The molecule has 0 aromatic heterocycles. The summed E-state index contributed by atoms with van der Waals surface area (Å²) in [5, 5.41) is 3.39. The van der Waals surface area contributed by atoms with Crippen LogP contribution in [0.4, 0.5) is 0 Å². The number of hydrogen-bond acceptors (Lipinski definition) is 4. The third-order valence-corrected chi connectivity index (χ3v) is 3.53. The van der Waals surface area contributed by atoms with E-state index in [-0.39, 0.29) is 6.04 Å². The van der Waals surface area contributed by atoms with Gasteiger partial charge in [-0.2, -0.15) is 0 Å². The van der Waals surface area contributed by atoms with E-state index in [1.807, 2.05) is 6.07 Å². The molecule has 1 aromatic carbocycles. The Kier molecular flexibility index (Phi) is 2.91. The molecule has 0 spiro atoms. The van der Waals surface area contributed by atoms with E-state index in [0.717, 1.165) is 31.0 Å². The van der Waals surface area contributed by atoms with Crippen molar-refractivity contribution in [3.8, 4) is 11.5 Å². The van der Waals surface area contributed by atoms with Crippen LogP contribution in [0.2, 0.25) is 0 Å². The van der Waals surface area contributed by atoms with E-state index < -0.39 is 0 Å². The van der Waals surface area contributed by atoms with Gasteiger partial charge >= 0.3 is 0 Å². The van der Waals surface area contributed by atoms with Crippen molar-refractivity contribution in [3.63, 3.8) is 0 Å².